The highest BCUT2D eigenvalue weighted by molar-refractivity contribution is 5.60. The van der Waals surface area contributed by atoms with Crippen molar-refractivity contribution < 1.29 is 14.4 Å². The lowest BCUT2D eigenvalue weighted by molar-refractivity contribution is -0.422. The molecule has 0 spiro atoms. The summed E-state index contributed by atoms with van der Waals surface area (Å²) in [5.74, 6) is 1.33. The van der Waals surface area contributed by atoms with Gasteiger partial charge in [0.15, 0.2) is 0 Å². The van der Waals surface area contributed by atoms with Gasteiger partial charge in [-0.1, -0.05) is 0 Å². The number of hydrogen-bond donors (Lipinski definition) is 0. The predicted molar refractivity (Wildman–Crippen MR) is 53.2 cm³/mol. The zero-order valence-corrected chi connectivity index (χ0v) is 8.10. The Kier molecular flexibility index (Phi) is 2.29. The maximum Gasteiger partial charge on any atom is 0.243 e. The molecule has 0 N–H and O–H groups in total. The largest absolute Gasteiger partial charge is 0.457 e. The molecule has 0 saturated heterocycles. The summed E-state index contributed by atoms with van der Waals surface area (Å²) in [4.78, 5) is 10.0. The zero-order chi connectivity index (χ0) is 10.8. The summed E-state index contributed by atoms with van der Waals surface area (Å²) >= 11 is 0. The Morgan fingerprint density at radius 2 is 2.33 bits per heavy atom. The van der Waals surface area contributed by atoms with Gasteiger partial charge in [-0.2, -0.15) is 0 Å². The van der Waals surface area contributed by atoms with E-state index in [4.69, 9.17) is 9.47 Å². The van der Waals surface area contributed by atoms with Gasteiger partial charge >= 0.3 is 0 Å². The normalized spacial score (nSPS) is 14.1. The first-order valence-corrected chi connectivity index (χ1v) is 4.39. The van der Waals surface area contributed by atoms with Crippen LogP contribution in [0.25, 0.3) is 6.08 Å². The molecule has 0 aliphatic carbocycles. The molecule has 1 aromatic carbocycles. The lowest BCUT2D eigenvalue weighted by Gasteiger charge is -2.17. The number of nitrogens with zero attached hydrogens (tertiary/aromatic N) is 1. The highest BCUT2D eigenvalue weighted by Crippen LogP contribution is 2.29. The Morgan fingerprint density at radius 1 is 1.53 bits per heavy atom. The van der Waals surface area contributed by atoms with Crippen molar-refractivity contribution in [1.29, 1.82) is 0 Å². The third-order valence-electron chi connectivity index (χ3n) is 2.08. The van der Waals surface area contributed by atoms with E-state index in [0.717, 1.165) is 0 Å². The van der Waals surface area contributed by atoms with Crippen molar-refractivity contribution in [2.75, 3.05) is 6.79 Å². The molecule has 5 nitrogen and oxygen atoms in total. The van der Waals surface area contributed by atoms with Crippen LogP contribution in [0, 0.1) is 10.1 Å². The Balaban J connectivity index is 2.38. The first-order valence-electron chi connectivity index (χ1n) is 4.39. The van der Waals surface area contributed by atoms with Crippen LogP contribution >= 0.6 is 0 Å². The number of rotatable bonds is 2. The van der Waals surface area contributed by atoms with Crippen LogP contribution in [0.3, 0.4) is 0 Å². The second-order valence-corrected chi connectivity index (χ2v) is 3.15. The maximum absolute atomic E-state index is 10.5. The van der Waals surface area contributed by atoms with Gasteiger partial charge in [-0.05, 0) is 12.1 Å². The molecule has 2 rings (SSSR count). The van der Waals surface area contributed by atoms with E-state index in [9.17, 15) is 10.1 Å². The van der Waals surface area contributed by atoms with Gasteiger partial charge < -0.3 is 9.47 Å². The van der Waals surface area contributed by atoms with Crippen LogP contribution in [-0.4, -0.2) is 11.7 Å². The molecule has 5 heteroatoms. The topological polar surface area (TPSA) is 61.6 Å². The molecule has 1 heterocycles. The molecule has 1 aliphatic rings. The van der Waals surface area contributed by atoms with Crippen molar-refractivity contribution in [3.63, 3.8) is 0 Å². The van der Waals surface area contributed by atoms with Crippen LogP contribution in [-0.2, 0) is 0 Å². The summed E-state index contributed by atoms with van der Waals surface area (Å²) in [6.07, 6.45) is 1.48. The lowest BCUT2D eigenvalue weighted by Crippen LogP contribution is -2.11. The molecular weight excluding hydrogens is 198 g/mol. The first kappa shape index (κ1) is 9.51. The van der Waals surface area contributed by atoms with Crippen LogP contribution in [0.1, 0.15) is 12.5 Å². The molecule has 1 aromatic rings. The quantitative estimate of drug-likeness (QED) is 0.550. The molecule has 78 valence electrons. The lowest BCUT2D eigenvalue weighted by atomic mass is 10.1. The highest BCUT2D eigenvalue weighted by Gasteiger charge is 2.12. The molecule has 1 aliphatic heterocycles. The fourth-order valence-electron chi connectivity index (χ4n) is 1.29. The molecule has 0 unspecified atom stereocenters. The average molecular weight is 207 g/mol. The number of benzene rings is 1. The van der Waals surface area contributed by atoms with Crippen LogP contribution < -0.4 is 9.47 Å². The fraction of sp³-hybridized carbons (Fsp3) is 0.200. The molecular formula is C10H9NO4. The standard InChI is InChI=1S/C10H9NO4/c1-7(11(12)13)4-8-2-3-9-5-10(8)15-6-14-9/h2-5H,6H2,1H3/b7-4+. The summed E-state index contributed by atoms with van der Waals surface area (Å²) < 4.78 is 10.3. The van der Waals surface area contributed by atoms with E-state index in [0.29, 0.717) is 17.1 Å². The molecule has 0 atom stereocenters. The van der Waals surface area contributed by atoms with E-state index in [2.05, 4.69) is 0 Å². The van der Waals surface area contributed by atoms with E-state index in [1.165, 1.54) is 13.0 Å². The van der Waals surface area contributed by atoms with Gasteiger partial charge in [0.1, 0.15) is 11.5 Å². The maximum atomic E-state index is 10.5. The van der Waals surface area contributed by atoms with E-state index in [-0.39, 0.29) is 12.5 Å². The second kappa shape index (κ2) is 3.61. The third kappa shape index (κ3) is 1.90. The molecule has 15 heavy (non-hydrogen) atoms. The highest BCUT2D eigenvalue weighted by atomic mass is 16.7. The van der Waals surface area contributed by atoms with Crippen molar-refractivity contribution in [2.24, 2.45) is 0 Å². The predicted octanol–water partition coefficient (Wildman–Crippen LogP) is 2.05. The van der Waals surface area contributed by atoms with E-state index >= 15 is 0 Å². The number of hydrogen-bond acceptors (Lipinski definition) is 4. The molecule has 2 bridgehead atoms. The number of allylic oxidation sites excluding steroid dienone is 1. The fourth-order valence-corrected chi connectivity index (χ4v) is 1.29. The van der Waals surface area contributed by atoms with Crippen LogP contribution in [0.15, 0.2) is 23.9 Å². The van der Waals surface area contributed by atoms with Crippen molar-refractivity contribution in [3.05, 3.63) is 39.6 Å². The van der Waals surface area contributed by atoms with Crippen molar-refractivity contribution in [1.82, 2.24) is 0 Å². The summed E-state index contributed by atoms with van der Waals surface area (Å²) in [7, 11) is 0. The van der Waals surface area contributed by atoms with Gasteiger partial charge in [0.05, 0.1) is 4.92 Å². The Bertz CT molecular complexity index is 439. The monoisotopic (exact) mass is 207 g/mol. The van der Waals surface area contributed by atoms with Crippen LogP contribution in [0.4, 0.5) is 0 Å². The molecule has 0 aromatic heterocycles. The summed E-state index contributed by atoms with van der Waals surface area (Å²) in [6.45, 7) is 1.60. The number of ether oxygens (including phenoxy) is 2. The van der Waals surface area contributed by atoms with E-state index in [1.54, 1.807) is 18.2 Å². The van der Waals surface area contributed by atoms with Crippen LogP contribution in [0.2, 0.25) is 0 Å². The molecule has 0 amide bonds. The molecule has 0 fully saturated rings. The van der Waals surface area contributed by atoms with Crippen molar-refractivity contribution in [2.45, 2.75) is 6.92 Å². The molecule has 0 radical (unpaired) electrons. The Labute approximate surface area is 86.1 Å². The Hall–Kier alpha value is -2.04. The molecule has 0 saturated carbocycles. The summed E-state index contributed by atoms with van der Waals surface area (Å²) in [6, 6.07) is 5.20. The Morgan fingerprint density at radius 3 is 3.07 bits per heavy atom. The van der Waals surface area contributed by atoms with E-state index in [1.807, 2.05) is 0 Å². The minimum Gasteiger partial charge on any atom is -0.457 e. The van der Waals surface area contributed by atoms with Gasteiger partial charge in [-0.3, -0.25) is 10.1 Å². The second-order valence-electron chi connectivity index (χ2n) is 3.15. The zero-order valence-electron chi connectivity index (χ0n) is 8.10. The van der Waals surface area contributed by atoms with Gasteiger partial charge in [0.25, 0.3) is 0 Å². The summed E-state index contributed by atoms with van der Waals surface area (Å²) in [5.41, 5.74) is 0.769. The minimum absolute atomic E-state index is 0.0779. The average Bonchev–Trinajstić information content (AvgIpc) is 2.22. The van der Waals surface area contributed by atoms with Gasteiger partial charge in [0.2, 0.25) is 12.5 Å². The third-order valence-corrected chi connectivity index (χ3v) is 2.08. The van der Waals surface area contributed by atoms with Crippen LogP contribution in [0.5, 0.6) is 11.5 Å². The van der Waals surface area contributed by atoms with Crippen molar-refractivity contribution >= 4 is 6.08 Å². The first-order chi connectivity index (χ1) is 7.16. The smallest absolute Gasteiger partial charge is 0.243 e. The van der Waals surface area contributed by atoms with Gasteiger partial charge in [-0.15, -0.1) is 0 Å². The minimum atomic E-state index is -0.431. The van der Waals surface area contributed by atoms with Crippen molar-refractivity contribution in [3.8, 4) is 11.5 Å². The van der Waals surface area contributed by atoms with Gasteiger partial charge in [-0.25, -0.2) is 0 Å². The number of nitro groups is 1. The van der Waals surface area contributed by atoms with E-state index < -0.39 is 4.92 Å². The van der Waals surface area contributed by atoms with Gasteiger partial charge in [0, 0.05) is 24.6 Å². The number of fused-ring (bicyclic) bond motifs is 2. The summed E-state index contributed by atoms with van der Waals surface area (Å²) in [5, 5.41) is 10.5. The SMILES string of the molecule is C/C(=C\c1ccc2cc1OCO2)[N+](=O)[O-].